The summed E-state index contributed by atoms with van der Waals surface area (Å²) in [5.41, 5.74) is 0.665. The van der Waals surface area contributed by atoms with Gasteiger partial charge in [0.2, 0.25) is 0 Å². The van der Waals surface area contributed by atoms with E-state index in [1.807, 2.05) is 6.92 Å². The Morgan fingerprint density at radius 2 is 2.10 bits per heavy atom. The molecular weight excluding hydrogens is 274 g/mol. The molecule has 0 atom stereocenters. The maximum Gasteiger partial charge on any atom is 0.315 e. The first-order valence-corrected chi connectivity index (χ1v) is 7.96. The molecule has 20 heavy (non-hydrogen) atoms. The third-order valence-corrected chi connectivity index (χ3v) is 5.07. The molecule has 0 aliphatic heterocycles. The van der Waals surface area contributed by atoms with Crippen LogP contribution in [0.25, 0.3) is 0 Å². The molecule has 1 heterocycles. The van der Waals surface area contributed by atoms with Crippen molar-refractivity contribution in [1.29, 1.82) is 0 Å². The van der Waals surface area contributed by atoms with Crippen LogP contribution in [0.5, 0.6) is 0 Å². The molecule has 112 valence electrons. The number of carbonyl (C=O) groups excluding carboxylic acids is 1. The number of aliphatic hydroxyl groups is 1. The molecule has 3 N–H and O–H groups in total. The van der Waals surface area contributed by atoms with Crippen molar-refractivity contribution in [3.8, 4) is 0 Å². The van der Waals surface area contributed by atoms with Crippen LogP contribution in [0.2, 0.25) is 0 Å². The molecule has 6 heteroatoms. The number of carbonyl (C=O) groups is 1. The summed E-state index contributed by atoms with van der Waals surface area (Å²) in [6.07, 6.45) is 4.61. The van der Waals surface area contributed by atoms with E-state index >= 15 is 0 Å². The molecule has 2 amide bonds. The summed E-state index contributed by atoms with van der Waals surface area (Å²) in [6, 6.07) is -0.189. The molecule has 2 rings (SSSR count). The summed E-state index contributed by atoms with van der Waals surface area (Å²) >= 11 is 1.68. The van der Waals surface area contributed by atoms with Crippen LogP contribution in [-0.2, 0) is 6.42 Å². The fourth-order valence-corrected chi connectivity index (χ4v) is 3.52. The number of aromatic nitrogens is 1. The van der Waals surface area contributed by atoms with Gasteiger partial charge < -0.3 is 15.7 Å². The van der Waals surface area contributed by atoms with Gasteiger partial charge in [-0.05, 0) is 26.7 Å². The van der Waals surface area contributed by atoms with E-state index in [-0.39, 0.29) is 12.6 Å². The average Bonchev–Trinajstić information content (AvgIpc) is 2.98. The van der Waals surface area contributed by atoms with Crippen molar-refractivity contribution in [3.63, 3.8) is 0 Å². The summed E-state index contributed by atoms with van der Waals surface area (Å²) in [7, 11) is 0. The quantitative estimate of drug-likeness (QED) is 0.777. The van der Waals surface area contributed by atoms with Crippen LogP contribution >= 0.6 is 11.3 Å². The highest BCUT2D eigenvalue weighted by Gasteiger charge is 2.34. The van der Waals surface area contributed by atoms with Gasteiger partial charge in [-0.2, -0.15) is 0 Å². The van der Waals surface area contributed by atoms with Gasteiger partial charge in [-0.3, -0.25) is 0 Å². The zero-order chi connectivity index (χ0) is 14.6. The molecule has 1 saturated carbocycles. The fourth-order valence-electron chi connectivity index (χ4n) is 2.59. The van der Waals surface area contributed by atoms with Gasteiger partial charge in [-0.1, -0.05) is 12.8 Å². The highest BCUT2D eigenvalue weighted by Crippen LogP contribution is 2.28. The molecule has 1 fully saturated rings. The van der Waals surface area contributed by atoms with Crippen molar-refractivity contribution < 1.29 is 9.90 Å². The van der Waals surface area contributed by atoms with Crippen LogP contribution in [0, 0.1) is 13.8 Å². The van der Waals surface area contributed by atoms with E-state index in [0.717, 1.165) is 42.8 Å². The minimum atomic E-state index is -0.404. The van der Waals surface area contributed by atoms with Gasteiger partial charge in [0.25, 0.3) is 0 Å². The van der Waals surface area contributed by atoms with Crippen molar-refractivity contribution in [1.82, 2.24) is 15.6 Å². The van der Waals surface area contributed by atoms with E-state index in [0.29, 0.717) is 6.54 Å². The largest absolute Gasteiger partial charge is 0.394 e. The van der Waals surface area contributed by atoms with E-state index in [4.69, 9.17) is 0 Å². The van der Waals surface area contributed by atoms with Crippen LogP contribution in [0.15, 0.2) is 0 Å². The smallest absolute Gasteiger partial charge is 0.315 e. The SMILES string of the molecule is Cc1nc(CCNC(=O)NC2(CO)CCCC2)sc1C. The Labute approximate surface area is 123 Å². The predicted molar refractivity (Wildman–Crippen MR) is 80.1 cm³/mol. The lowest BCUT2D eigenvalue weighted by molar-refractivity contribution is 0.163. The van der Waals surface area contributed by atoms with Gasteiger partial charge in [0.05, 0.1) is 22.8 Å². The minimum Gasteiger partial charge on any atom is -0.394 e. The molecule has 0 aromatic carbocycles. The molecule has 1 aromatic heterocycles. The summed E-state index contributed by atoms with van der Waals surface area (Å²) < 4.78 is 0. The average molecular weight is 297 g/mol. The predicted octanol–water partition coefficient (Wildman–Crippen LogP) is 1.91. The molecule has 1 aliphatic carbocycles. The number of nitrogens with zero attached hydrogens (tertiary/aromatic N) is 1. The van der Waals surface area contributed by atoms with Gasteiger partial charge in [0, 0.05) is 17.8 Å². The topological polar surface area (TPSA) is 74.2 Å². The lowest BCUT2D eigenvalue weighted by Gasteiger charge is -2.27. The Balaban J connectivity index is 1.75. The zero-order valence-electron chi connectivity index (χ0n) is 12.2. The highest BCUT2D eigenvalue weighted by molar-refractivity contribution is 7.11. The Morgan fingerprint density at radius 1 is 1.40 bits per heavy atom. The monoisotopic (exact) mass is 297 g/mol. The van der Waals surface area contributed by atoms with Gasteiger partial charge in [-0.15, -0.1) is 11.3 Å². The molecule has 0 bridgehead atoms. The number of nitrogens with one attached hydrogen (secondary N) is 2. The first-order chi connectivity index (χ1) is 9.54. The summed E-state index contributed by atoms with van der Waals surface area (Å²) in [4.78, 5) is 17.6. The zero-order valence-corrected chi connectivity index (χ0v) is 13.0. The normalized spacial score (nSPS) is 17.1. The molecule has 1 aliphatic rings. The first-order valence-electron chi connectivity index (χ1n) is 7.14. The number of aryl methyl sites for hydroxylation is 2. The Kier molecular flexibility index (Phi) is 4.99. The van der Waals surface area contributed by atoms with E-state index in [9.17, 15) is 9.90 Å². The summed E-state index contributed by atoms with van der Waals surface area (Å²) in [6.45, 7) is 4.65. The van der Waals surface area contributed by atoms with E-state index in [1.54, 1.807) is 11.3 Å². The number of rotatable bonds is 5. The maximum atomic E-state index is 11.9. The molecule has 0 spiro atoms. The van der Waals surface area contributed by atoms with Crippen LogP contribution < -0.4 is 10.6 Å². The lowest BCUT2D eigenvalue weighted by atomic mass is 9.99. The molecular formula is C14H23N3O2S. The molecule has 5 nitrogen and oxygen atoms in total. The van der Waals surface area contributed by atoms with Crippen LogP contribution in [0.4, 0.5) is 4.79 Å². The van der Waals surface area contributed by atoms with E-state index in [1.165, 1.54) is 4.88 Å². The second kappa shape index (κ2) is 6.54. The highest BCUT2D eigenvalue weighted by atomic mass is 32.1. The second-order valence-electron chi connectivity index (χ2n) is 5.53. The minimum absolute atomic E-state index is 0.0191. The fraction of sp³-hybridized carbons (Fsp3) is 0.714. The number of hydrogen-bond donors (Lipinski definition) is 3. The number of urea groups is 1. The van der Waals surface area contributed by atoms with Crippen LogP contribution in [-0.4, -0.2) is 34.8 Å². The number of amides is 2. The molecule has 0 saturated heterocycles. The first kappa shape index (κ1) is 15.3. The Bertz CT molecular complexity index is 447. The van der Waals surface area contributed by atoms with Gasteiger partial charge in [-0.25, -0.2) is 9.78 Å². The van der Waals surface area contributed by atoms with Gasteiger partial charge in [0.1, 0.15) is 0 Å². The van der Waals surface area contributed by atoms with Crippen molar-refractivity contribution in [3.05, 3.63) is 15.6 Å². The second-order valence-corrected chi connectivity index (χ2v) is 6.81. The van der Waals surface area contributed by atoms with Crippen molar-refractivity contribution >= 4 is 17.4 Å². The molecule has 0 radical (unpaired) electrons. The standard InChI is InChI=1S/C14H23N3O2S/c1-10-11(2)20-12(16-10)5-8-15-13(19)17-14(9-18)6-3-4-7-14/h18H,3-9H2,1-2H3,(H2,15,17,19). The number of thiazole rings is 1. The van der Waals surface area contributed by atoms with Gasteiger partial charge >= 0.3 is 6.03 Å². The van der Waals surface area contributed by atoms with Crippen LogP contribution in [0.3, 0.4) is 0 Å². The lowest BCUT2D eigenvalue weighted by Crippen LogP contribution is -2.53. The number of aliphatic hydroxyl groups excluding tert-OH is 1. The molecule has 0 unspecified atom stereocenters. The van der Waals surface area contributed by atoms with Crippen LogP contribution in [0.1, 0.15) is 41.3 Å². The third kappa shape index (κ3) is 3.70. The van der Waals surface area contributed by atoms with E-state index in [2.05, 4.69) is 22.5 Å². The molecule has 1 aromatic rings. The van der Waals surface area contributed by atoms with Gasteiger partial charge in [0.15, 0.2) is 0 Å². The number of hydrogen-bond acceptors (Lipinski definition) is 4. The summed E-state index contributed by atoms with van der Waals surface area (Å²) in [5.74, 6) is 0. The van der Waals surface area contributed by atoms with Crippen molar-refractivity contribution in [2.45, 2.75) is 51.5 Å². The van der Waals surface area contributed by atoms with E-state index < -0.39 is 5.54 Å². The third-order valence-electron chi connectivity index (χ3n) is 3.94. The summed E-state index contributed by atoms with van der Waals surface area (Å²) in [5, 5.41) is 16.3. The Morgan fingerprint density at radius 3 is 2.65 bits per heavy atom. The Hall–Kier alpha value is -1.14. The maximum absolute atomic E-state index is 11.9. The van der Waals surface area contributed by atoms with Crippen molar-refractivity contribution in [2.75, 3.05) is 13.2 Å². The van der Waals surface area contributed by atoms with Crippen molar-refractivity contribution in [2.24, 2.45) is 0 Å².